The van der Waals surface area contributed by atoms with Crippen molar-refractivity contribution in [1.82, 2.24) is 4.90 Å². The molecule has 0 aliphatic carbocycles. The molecule has 132 valence electrons. The number of nitrogens with zero attached hydrogens (tertiary/aromatic N) is 1. The number of imide groups is 1. The van der Waals surface area contributed by atoms with Crippen LogP contribution < -0.4 is 5.32 Å². The van der Waals surface area contributed by atoms with E-state index in [9.17, 15) is 24.6 Å². The number of carbonyl (C=O) groups is 3. The smallest absolute Gasteiger partial charge is 0.294 e. The fourth-order valence-electron chi connectivity index (χ4n) is 2.25. The number of carbonyl (C=O) groups excluding carboxylic acids is 3. The third-order valence-corrected chi connectivity index (χ3v) is 4.42. The van der Waals surface area contributed by atoms with E-state index in [0.717, 1.165) is 16.7 Å². The summed E-state index contributed by atoms with van der Waals surface area (Å²) < 4.78 is 0. The van der Waals surface area contributed by atoms with Crippen LogP contribution in [-0.2, 0) is 9.59 Å². The molecule has 7 nitrogen and oxygen atoms in total. The average molecular weight is 370 g/mol. The van der Waals surface area contributed by atoms with Crippen molar-refractivity contribution in [3.05, 3.63) is 59.0 Å². The summed E-state index contributed by atoms with van der Waals surface area (Å²) in [4.78, 5) is 37.6. The van der Waals surface area contributed by atoms with Crippen molar-refractivity contribution in [3.63, 3.8) is 0 Å². The van der Waals surface area contributed by atoms with E-state index < -0.39 is 23.6 Å². The molecule has 26 heavy (non-hydrogen) atoms. The standard InChI is InChI=1S/C18H14N2O5S/c21-13-5-1-11(2-6-13)9-15-17(24)20(18(25)26-15)10-16(23)19-12-3-7-14(22)8-4-12/h1-9,21-22H,10H2,(H,19,23)/b15-9-. The molecule has 8 heteroatoms. The topological polar surface area (TPSA) is 107 Å². The van der Waals surface area contributed by atoms with Crippen LogP contribution in [0.15, 0.2) is 53.4 Å². The van der Waals surface area contributed by atoms with E-state index in [1.165, 1.54) is 42.5 Å². The molecule has 3 rings (SSSR count). The zero-order chi connectivity index (χ0) is 18.7. The van der Waals surface area contributed by atoms with Gasteiger partial charge >= 0.3 is 0 Å². The third kappa shape index (κ3) is 4.04. The molecular formula is C18H14N2O5S. The normalized spacial score (nSPS) is 15.5. The number of thioether (sulfide) groups is 1. The fourth-order valence-corrected chi connectivity index (χ4v) is 3.09. The third-order valence-electron chi connectivity index (χ3n) is 3.52. The first-order chi connectivity index (χ1) is 12.4. The first kappa shape index (κ1) is 17.6. The summed E-state index contributed by atoms with van der Waals surface area (Å²) in [5.41, 5.74) is 1.10. The summed E-state index contributed by atoms with van der Waals surface area (Å²) in [6.45, 7) is -0.404. The van der Waals surface area contributed by atoms with Crippen molar-refractivity contribution in [3.8, 4) is 11.5 Å². The van der Waals surface area contributed by atoms with Crippen molar-refractivity contribution >= 4 is 40.6 Å². The van der Waals surface area contributed by atoms with Crippen molar-refractivity contribution < 1.29 is 24.6 Å². The lowest BCUT2D eigenvalue weighted by atomic mass is 10.2. The summed E-state index contributed by atoms with van der Waals surface area (Å²) in [6, 6.07) is 12.0. The molecule has 0 unspecified atom stereocenters. The maximum atomic E-state index is 12.4. The van der Waals surface area contributed by atoms with Gasteiger partial charge in [-0.05, 0) is 59.8 Å². The van der Waals surface area contributed by atoms with Crippen molar-refractivity contribution in [2.24, 2.45) is 0 Å². The molecule has 2 aromatic rings. The number of aromatic hydroxyl groups is 2. The largest absolute Gasteiger partial charge is 0.508 e. The quantitative estimate of drug-likeness (QED) is 0.564. The Hall–Kier alpha value is -3.26. The van der Waals surface area contributed by atoms with E-state index in [0.29, 0.717) is 11.3 Å². The number of phenolic OH excluding ortho intramolecular Hbond substituents is 2. The summed E-state index contributed by atoms with van der Waals surface area (Å²) >= 11 is 0.754. The number of hydrogen-bond acceptors (Lipinski definition) is 6. The minimum Gasteiger partial charge on any atom is -0.508 e. The van der Waals surface area contributed by atoms with Crippen LogP contribution in [0.3, 0.4) is 0 Å². The number of amides is 3. The Morgan fingerprint density at radius 1 is 1.00 bits per heavy atom. The van der Waals surface area contributed by atoms with E-state index in [4.69, 9.17) is 0 Å². The lowest BCUT2D eigenvalue weighted by molar-refractivity contribution is -0.127. The zero-order valence-corrected chi connectivity index (χ0v) is 14.2. The van der Waals surface area contributed by atoms with Crippen LogP contribution >= 0.6 is 11.8 Å². The van der Waals surface area contributed by atoms with Gasteiger partial charge in [0, 0.05) is 5.69 Å². The highest BCUT2D eigenvalue weighted by atomic mass is 32.2. The minimum atomic E-state index is -0.547. The number of benzene rings is 2. The molecule has 0 bridgehead atoms. The fraction of sp³-hybridized carbons (Fsp3) is 0.0556. The maximum absolute atomic E-state index is 12.4. The molecule has 0 radical (unpaired) electrons. The molecule has 0 saturated carbocycles. The molecule has 1 heterocycles. The van der Waals surface area contributed by atoms with Gasteiger partial charge in [-0.1, -0.05) is 12.1 Å². The molecule has 0 aromatic heterocycles. The molecule has 0 spiro atoms. The van der Waals surface area contributed by atoms with E-state index in [1.54, 1.807) is 12.1 Å². The Kier molecular flexibility index (Phi) is 4.94. The van der Waals surface area contributed by atoms with Crippen LogP contribution in [0.25, 0.3) is 6.08 Å². The number of rotatable bonds is 4. The van der Waals surface area contributed by atoms with E-state index in [2.05, 4.69) is 5.32 Å². The molecule has 1 aliphatic rings. The van der Waals surface area contributed by atoms with Crippen LogP contribution in [0.4, 0.5) is 10.5 Å². The van der Waals surface area contributed by atoms with Crippen LogP contribution in [0.2, 0.25) is 0 Å². The lowest BCUT2D eigenvalue weighted by Crippen LogP contribution is -2.36. The van der Waals surface area contributed by atoms with Gasteiger partial charge < -0.3 is 15.5 Å². The summed E-state index contributed by atoms with van der Waals surface area (Å²) in [5.74, 6) is -0.910. The first-order valence-electron chi connectivity index (χ1n) is 7.55. The zero-order valence-electron chi connectivity index (χ0n) is 13.4. The Morgan fingerprint density at radius 3 is 2.19 bits per heavy atom. The SMILES string of the molecule is O=C(CN1C(=O)S/C(=C\c2ccc(O)cc2)C1=O)Nc1ccc(O)cc1. The molecule has 1 saturated heterocycles. The van der Waals surface area contributed by atoms with Gasteiger partial charge in [-0.3, -0.25) is 19.3 Å². The first-order valence-corrected chi connectivity index (χ1v) is 8.37. The molecule has 1 fully saturated rings. The summed E-state index contributed by atoms with van der Waals surface area (Å²) in [7, 11) is 0. The van der Waals surface area contributed by atoms with Gasteiger partial charge in [0.1, 0.15) is 18.0 Å². The Bertz CT molecular complexity index is 891. The highest BCUT2D eigenvalue weighted by Crippen LogP contribution is 2.32. The molecular weight excluding hydrogens is 356 g/mol. The van der Waals surface area contributed by atoms with Gasteiger partial charge in [-0.15, -0.1) is 0 Å². The number of nitrogens with one attached hydrogen (secondary N) is 1. The van der Waals surface area contributed by atoms with Gasteiger partial charge in [0.2, 0.25) is 5.91 Å². The van der Waals surface area contributed by atoms with Gasteiger partial charge in [-0.25, -0.2) is 0 Å². The van der Waals surface area contributed by atoms with Gasteiger partial charge in [0.05, 0.1) is 4.91 Å². The monoisotopic (exact) mass is 370 g/mol. The number of hydrogen-bond donors (Lipinski definition) is 3. The molecule has 3 amide bonds. The Labute approximate surface area is 152 Å². The Morgan fingerprint density at radius 2 is 1.58 bits per heavy atom. The second kappa shape index (κ2) is 7.32. The van der Waals surface area contributed by atoms with Gasteiger partial charge in [-0.2, -0.15) is 0 Å². The second-order valence-corrected chi connectivity index (χ2v) is 6.45. The van der Waals surface area contributed by atoms with Crippen LogP contribution in [0, 0.1) is 0 Å². The van der Waals surface area contributed by atoms with Crippen molar-refractivity contribution in [2.75, 3.05) is 11.9 Å². The van der Waals surface area contributed by atoms with Gasteiger partial charge in [0.25, 0.3) is 11.1 Å². The average Bonchev–Trinajstić information content (AvgIpc) is 2.86. The van der Waals surface area contributed by atoms with Crippen LogP contribution in [0.1, 0.15) is 5.56 Å². The Balaban J connectivity index is 1.67. The van der Waals surface area contributed by atoms with Crippen molar-refractivity contribution in [1.29, 1.82) is 0 Å². The lowest BCUT2D eigenvalue weighted by Gasteiger charge is -2.12. The van der Waals surface area contributed by atoms with Crippen LogP contribution in [-0.4, -0.2) is 38.7 Å². The molecule has 1 aliphatic heterocycles. The highest BCUT2D eigenvalue weighted by Gasteiger charge is 2.36. The number of anilines is 1. The molecule has 0 atom stereocenters. The van der Waals surface area contributed by atoms with E-state index in [1.807, 2.05) is 0 Å². The predicted molar refractivity (Wildman–Crippen MR) is 97.5 cm³/mol. The molecule has 3 N–H and O–H groups in total. The van der Waals surface area contributed by atoms with E-state index in [-0.39, 0.29) is 16.4 Å². The minimum absolute atomic E-state index is 0.0632. The molecule has 2 aromatic carbocycles. The van der Waals surface area contributed by atoms with E-state index >= 15 is 0 Å². The van der Waals surface area contributed by atoms with Crippen LogP contribution in [0.5, 0.6) is 11.5 Å². The summed E-state index contributed by atoms with van der Waals surface area (Å²) in [6.07, 6.45) is 1.53. The summed E-state index contributed by atoms with van der Waals surface area (Å²) in [5, 5.41) is 20.5. The highest BCUT2D eigenvalue weighted by molar-refractivity contribution is 8.18. The maximum Gasteiger partial charge on any atom is 0.294 e. The number of phenols is 2. The predicted octanol–water partition coefficient (Wildman–Crippen LogP) is 2.77. The van der Waals surface area contributed by atoms with Gasteiger partial charge in [0.15, 0.2) is 0 Å². The second-order valence-electron chi connectivity index (χ2n) is 5.45. The van der Waals surface area contributed by atoms with Crippen molar-refractivity contribution in [2.45, 2.75) is 0 Å².